The summed E-state index contributed by atoms with van der Waals surface area (Å²) in [4.78, 5) is 9.36. The van der Waals surface area contributed by atoms with Gasteiger partial charge in [0.25, 0.3) is 0 Å². The van der Waals surface area contributed by atoms with Gasteiger partial charge in [0.1, 0.15) is 5.82 Å². The third-order valence-corrected chi connectivity index (χ3v) is 4.52. The smallest absolute Gasteiger partial charge is 0.136 e. The minimum Gasteiger partial charge on any atom is -0.306 e. The first-order valence-corrected chi connectivity index (χ1v) is 8.29. The van der Waals surface area contributed by atoms with E-state index in [1.165, 1.54) is 44.8 Å². The Balaban J connectivity index is 1.55. The lowest BCUT2D eigenvalue weighted by molar-refractivity contribution is 0.153. The fraction of sp³-hybridized carbons (Fsp3) is 0.471. The molecular formula is C17H23ClN4. The Kier molecular flexibility index (Phi) is 5.13. The van der Waals surface area contributed by atoms with Gasteiger partial charge in [-0.2, -0.15) is 0 Å². The molecule has 1 fully saturated rings. The van der Waals surface area contributed by atoms with Crippen molar-refractivity contribution in [3.05, 3.63) is 47.4 Å². The summed E-state index contributed by atoms with van der Waals surface area (Å²) in [5.74, 6) is 0.934. The molecule has 0 aliphatic carbocycles. The van der Waals surface area contributed by atoms with Crippen LogP contribution in [0.2, 0.25) is 5.02 Å². The summed E-state index contributed by atoms with van der Waals surface area (Å²) < 4.78 is 2.15. The molecule has 0 spiro atoms. The van der Waals surface area contributed by atoms with Crippen LogP contribution in [0.25, 0.3) is 5.82 Å². The maximum atomic E-state index is 5.91. The molecule has 0 amide bonds. The summed E-state index contributed by atoms with van der Waals surface area (Å²) in [6.07, 6.45) is 6.03. The Labute approximate surface area is 137 Å². The van der Waals surface area contributed by atoms with Crippen LogP contribution in [0.4, 0.5) is 0 Å². The highest BCUT2D eigenvalue weighted by Gasteiger charge is 2.13. The Morgan fingerprint density at radius 3 is 2.68 bits per heavy atom. The maximum Gasteiger partial charge on any atom is 0.136 e. The minimum atomic E-state index is 0.674. The van der Waals surface area contributed by atoms with Gasteiger partial charge in [-0.15, -0.1) is 0 Å². The molecule has 0 bridgehead atoms. The van der Waals surface area contributed by atoms with E-state index in [4.69, 9.17) is 11.6 Å². The van der Waals surface area contributed by atoms with Gasteiger partial charge in [-0.1, -0.05) is 11.6 Å². The van der Waals surface area contributed by atoms with Crippen LogP contribution >= 0.6 is 11.6 Å². The van der Waals surface area contributed by atoms with Gasteiger partial charge in [0, 0.05) is 44.3 Å². The summed E-state index contributed by atoms with van der Waals surface area (Å²) in [7, 11) is 2.20. The number of rotatable bonds is 5. The summed E-state index contributed by atoms with van der Waals surface area (Å²) in [5.41, 5.74) is 1.31. The summed E-state index contributed by atoms with van der Waals surface area (Å²) >= 11 is 5.91. The van der Waals surface area contributed by atoms with Crippen molar-refractivity contribution >= 4 is 11.6 Å². The van der Waals surface area contributed by atoms with Crippen LogP contribution in [0.1, 0.15) is 12.1 Å². The Morgan fingerprint density at radius 1 is 1.14 bits per heavy atom. The number of likely N-dealkylation sites (N-methyl/N-ethyl adjacent to an activating group) is 1. The van der Waals surface area contributed by atoms with Crippen LogP contribution in [0, 0.1) is 0 Å². The second-order valence-corrected chi connectivity index (χ2v) is 6.39. The third kappa shape index (κ3) is 3.88. The van der Waals surface area contributed by atoms with E-state index in [-0.39, 0.29) is 0 Å². The average Bonchev–Trinajstić information content (AvgIpc) is 2.98. The van der Waals surface area contributed by atoms with Gasteiger partial charge >= 0.3 is 0 Å². The maximum absolute atomic E-state index is 5.91. The number of piperazine rings is 1. The van der Waals surface area contributed by atoms with E-state index in [0.717, 1.165) is 12.2 Å². The second kappa shape index (κ2) is 7.27. The second-order valence-electron chi connectivity index (χ2n) is 5.95. The number of aryl methyl sites for hydroxylation is 1. The molecule has 5 heteroatoms. The first-order valence-electron chi connectivity index (χ1n) is 7.91. The van der Waals surface area contributed by atoms with Crippen LogP contribution in [-0.2, 0) is 6.42 Å². The zero-order valence-electron chi connectivity index (χ0n) is 13.1. The predicted molar refractivity (Wildman–Crippen MR) is 90.8 cm³/mol. The molecule has 1 saturated heterocycles. The molecule has 0 N–H and O–H groups in total. The predicted octanol–water partition coefficient (Wildman–Crippen LogP) is 2.71. The molecule has 0 saturated carbocycles. The van der Waals surface area contributed by atoms with Crippen molar-refractivity contribution in [1.82, 2.24) is 19.4 Å². The van der Waals surface area contributed by atoms with E-state index < -0.39 is 0 Å². The van der Waals surface area contributed by atoms with E-state index in [2.05, 4.69) is 44.7 Å². The van der Waals surface area contributed by atoms with Crippen molar-refractivity contribution in [2.24, 2.45) is 0 Å². The summed E-state index contributed by atoms with van der Waals surface area (Å²) in [5, 5.41) is 0.674. The first kappa shape index (κ1) is 15.5. The fourth-order valence-corrected chi connectivity index (χ4v) is 3.02. The van der Waals surface area contributed by atoms with Gasteiger partial charge in [-0.3, -0.25) is 0 Å². The molecule has 3 rings (SSSR count). The molecular weight excluding hydrogens is 296 g/mol. The molecule has 0 atom stereocenters. The lowest BCUT2D eigenvalue weighted by Crippen LogP contribution is -2.44. The summed E-state index contributed by atoms with van der Waals surface area (Å²) in [6.45, 7) is 5.93. The molecule has 0 unspecified atom stereocenters. The van der Waals surface area contributed by atoms with Crippen molar-refractivity contribution < 1.29 is 0 Å². The summed E-state index contributed by atoms with van der Waals surface area (Å²) in [6, 6.07) is 8.12. The van der Waals surface area contributed by atoms with Gasteiger partial charge in [-0.05, 0) is 50.7 Å². The van der Waals surface area contributed by atoms with Crippen LogP contribution in [0.15, 0.2) is 36.7 Å². The van der Waals surface area contributed by atoms with E-state index in [1.54, 1.807) is 6.20 Å². The van der Waals surface area contributed by atoms with E-state index in [1.807, 2.05) is 12.1 Å². The molecule has 0 radical (unpaired) electrons. The minimum absolute atomic E-state index is 0.674. The molecule has 2 aromatic heterocycles. The Morgan fingerprint density at radius 2 is 1.95 bits per heavy atom. The monoisotopic (exact) mass is 318 g/mol. The number of pyridine rings is 1. The molecule has 2 aromatic rings. The van der Waals surface area contributed by atoms with Gasteiger partial charge in [-0.25, -0.2) is 4.98 Å². The van der Waals surface area contributed by atoms with E-state index in [9.17, 15) is 0 Å². The average molecular weight is 319 g/mol. The topological polar surface area (TPSA) is 24.3 Å². The standard InChI is InChI=1S/C17H23ClN4/c1-20-10-12-21(13-11-20)8-2-4-16-5-3-9-22(16)17-7-6-15(18)14-19-17/h3,5-7,9,14H,2,4,8,10-13H2,1H3. The quantitative estimate of drug-likeness (QED) is 0.847. The molecule has 4 nitrogen and oxygen atoms in total. The Hall–Kier alpha value is -1.36. The van der Waals surface area contributed by atoms with Crippen LogP contribution in [0.5, 0.6) is 0 Å². The lowest BCUT2D eigenvalue weighted by Gasteiger charge is -2.32. The molecule has 1 aliphatic heterocycles. The zero-order valence-corrected chi connectivity index (χ0v) is 13.8. The molecule has 118 valence electrons. The number of aromatic nitrogens is 2. The first-order chi connectivity index (χ1) is 10.7. The van der Waals surface area contributed by atoms with Crippen molar-refractivity contribution in [2.45, 2.75) is 12.8 Å². The van der Waals surface area contributed by atoms with E-state index in [0.29, 0.717) is 5.02 Å². The number of hydrogen-bond donors (Lipinski definition) is 0. The Bertz CT molecular complexity index is 585. The fourth-order valence-electron chi connectivity index (χ4n) is 2.91. The highest BCUT2D eigenvalue weighted by atomic mass is 35.5. The van der Waals surface area contributed by atoms with Gasteiger partial charge in [0.2, 0.25) is 0 Å². The molecule has 22 heavy (non-hydrogen) atoms. The van der Waals surface area contributed by atoms with Gasteiger partial charge < -0.3 is 14.4 Å². The molecule has 1 aliphatic rings. The SMILES string of the molecule is CN1CCN(CCCc2cccn2-c2ccc(Cl)cn2)CC1. The normalized spacial score (nSPS) is 17.0. The van der Waals surface area contributed by atoms with Crippen molar-refractivity contribution in [1.29, 1.82) is 0 Å². The van der Waals surface area contributed by atoms with E-state index >= 15 is 0 Å². The number of hydrogen-bond acceptors (Lipinski definition) is 3. The number of nitrogens with zero attached hydrogens (tertiary/aromatic N) is 4. The lowest BCUT2D eigenvalue weighted by atomic mass is 10.2. The molecule has 3 heterocycles. The molecule has 0 aromatic carbocycles. The number of halogens is 1. The van der Waals surface area contributed by atoms with Crippen molar-refractivity contribution in [3.63, 3.8) is 0 Å². The van der Waals surface area contributed by atoms with Gasteiger partial charge in [0.05, 0.1) is 5.02 Å². The highest BCUT2D eigenvalue weighted by Crippen LogP contribution is 2.15. The largest absolute Gasteiger partial charge is 0.306 e. The highest BCUT2D eigenvalue weighted by molar-refractivity contribution is 6.30. The zero-order chi connectivity index (χ0) is 15.4. The third-order valence-electron chi connectivity index (χ3n) is 4.29. The van der Waals surface area contributed by atoms with Crippen LogP contribution in [0.3, 0.4) is 0 Å². The van der Waals surface area contributed by atoms with Crippen LogP contribution in [-0.4, -0.2) is 59.1 Å². The van der Waals surface area contributed by atoms with Gasteiger partial charge in [0.15, 0.2) is 0 Å². The van der Waals surface area contributed by atoms with Crippen LogP contribution < -0.4 is 0 Å². The van der Waals surface area contributed by atoms with Crippen molar-refractivity contribution in [2.75, 3.05) is 39.8 Å². The van der Waals surface area contributed by atoms with Crippen molar-refractivity contribution in [3.8, 4) is 5.82 Å².